The van der Waals surface area contributed by atoms with E-state index in [9.17, 15) is 9.59 Å². The van der Waals surface area contributed by atoms with Crippen LogP contribution in [0.3, 0.4) is 0 Å². The first kappa shape index (κ1) is 17.2. The van der Waals surface area contributed by atoms with Crippen LogP contribution in [0, 0.1) is 13.8 Å². The summed E-state index contributed by atoms with van der Waals surface area (Å²) < 4.78 is 2.59. The van der Waals surface area contributed by atoms with Crippen molar-refractivity contribution in [2.24, 2.45) is 0 Å². The molecule has 0 aliphatic heterocycles. The number of thiophene rings is 1. The largest absolute Gasteiger partial charge is 0.324 e. The van der Waals surface area contributed by atoms with Gasteiger partial charge in [0.1, 0.15) is 24.1 Å². The van der Waals surface area contributed by atoms with Crippen LogP contribution in [-0.4, -0.2) is 25.3 Å². The summed E-state index contributed by atoms with van der Waals surface area (Å²) in [5.74, 6) is -0.307. The molecule has 3 heterocycles. The number of fused-ring (bicyclic) bond motifs is 1. The maximum Gasteiger partial charge on any atom is 0.293 e. The van der Waals surface area contributed by atoms with E-state index in [2.05, 4.69) is 15.5 Å². The van der Waals surface area contributed by atoms with E-state index in [1.54, 1.807) is 17.4 Å². The Morgan fingerprint density at radius 2 is 2.07 bits per heavy atom. The molecule has 1 N–H and O–H groups in total. The van der Waals surface area contributed by atoms with Crippen molar-refractivity contribution in [1.82, 2.24) is 19.4 Å². The van der Waals surface area contributed by atoms with Crippen LogP contribution in [0.4, 0.5) is 5.69 Å². The van der Waals surface area contributed by atoms with Crippen LogP contribution < -0.4 is 10.9 Å². The number of amides is 1. The first-order valence-electron chi connectivity index (χ1n) is 8.38. The molecule has 0 unspecified atom stereocenters. The molecule has 0 atom stereocenters. The third-order valence-corrected chi connectivity index (χ3v) is 5.11. The van der Waals surface area contributed by atoms with Gasteiger partial charge in [-0.2, -0.15) is 10.2 Å². The normalized spacial score (nSPS) is 11.0. The van der Waals surface area contributed by atoms with Gasteiger partial charge in [0.15, 0.2) is 0 Å². The van der Waals surface area contributed by atoms with Gasteiger partial charge in [-0.1, -0.05) is 23.8 Å². The lowest BCUT2D eigenvalue weighted by atomic mass is 10.1. The van der Waals surface area contributed by atoms with E-state index in [0.717, 1.165) is 26.4 Å². The van der Waals surface area contributed by atoms with Gasteiger partial charge in [-0.05, 0) is 43.0 Å². The quantitative estimate of drug-likeness (QED) is 0.591. The number of rotatable bonds is 4. The Hall–Kier alpha value is -3.26. The van der Waals surface area contributed by atoms with Crippen LogP contribution in [-0.2, 0) is 11.3 Å². The Morgan fingerprint density at radius 3 is 2.81 bits per heavy atom. The van der Waals surface area contributed by atoms with E-state index < -0.39 is 0 Å². The monoisotopic (exact) mass is 379 g/mol. The molecule has 7 nitrogen and oxygen atoms in total. The summed E-state index contributed by atoms with van der Waals surface area (Å²) in [5.41, 5.74) is 3.55. The van der Waals surface area contributed by atoms with E-state index in [1.165, 1.54) is 10.8 Å². The molecule has 4 aromatic rings. The number of aromatic nitrogens is 4. The van der Waals surface area contributed by atoms with Crippen LogP contribution in [0.1, 0.15) is 11.1 Å². The van der Waals surface area contributed by atoms with Crippen molar-refractivity contribution < 1.29 is 4.79 Å². The summed E-state index contributed by atoms with van der Waals surface area (Å²) in [4.78, 5) is 26.0. The first-order chi connectivity index (χ1) is 13.0. The van der Waals surface area contributed by atoms with E-state index in [4.69, 9.17) is 0 Å². The molecule has 0 aliphatic rings. The molecule has 8 heteroatoms. The number of nitrogens with zero attached hydrogens (tertiary/aromatic N) is 4. The van der Waals surface area contributed by atoms with Gasteiger partial charge in [0, 0.05) is 5.69 Å². The van der Waals surface area contributed by atoms with E-state index >= 15 is 0 Å². The van der Waals surface area contributed by atoms with Crippen LogP contribution in [0.15, 0.2) is 52.9 Å². The second-order valence-corrected chi connectivity index (χ2v) is 7.24. The number of benzene rings is 1. The minimum atomic E-state index is -0.358. The SMILES string of the molecule is Cc1ccc(NC(=O)Cn2ncn3nc(-c4cccs4)cc3c2=O)c(C)c1. The van der Waals surface area contributed by atoms with E-state index in [1.807, 2.05) is 49.6 Å². The Kier molecular flexibility index (Phi) is 4.33. The van der Waals surface area contributed by atoms with Crippen LogP contribution in [0.5, 0.6) is 0 Å². The molecule has 3 aromatic heterocycles. The van der Waals surface area contributed by atoms with Crippen molar-refractivity contribution in [3.8, 4) is 10.6 Å². The molecule has 0 radical (unpaired) electrons. The molecule has 27 heavy (non-hydrogen) atoms. The Bertz CT molecular complexity index is 1190. The summed E-state index contributed by atoms with van der Waals surface area (Å²) in [6.07, 6.45) is 1.44. The maximum absolute atomic E-state index is 12.7. The molecule has 0 saturated carbocycles. The first-order valence-corrected chi connectivity index (χ1v) is 9.26. The molecule has 136 valence electrons. The molecule has 0 bridgehead atoms. The van der Waals surface area contributed by atoms with Gasteiger partial charge in [0.05, 0.1) is 4.88 Å². The summed E-state index contributed by atoms with van der Waals surface area (Å²) in [6, 6.07) is 11.4. The second-order valence-electron chi connectivity index (χ2n) is 6.30. The number of carbonyl (C=O) groups is 1. The zero-order valence-electron chi connectivity index (χ0n) is 14.8. The fraction of sp³-hybridized carbons (Fsp3) is 0.158. The Balaban J connectivity index is 1.59. The highest BCUT2D eigenvalue weighted by molar-refractivity contribution is 7.13. The number of anilines is 1. The number of hydrogen-bond acceptors (Lipinski definition) is 5. The summed E-state index contributed by atoms with van der Waals surface area (Å²) >= 11 is 1.55. The predicted molar refractivity (Wildman–Crippen MR) is 105 cm³/mol. The summed E-state index contributed by atoms with van der Waals surface area (Å²) in [7, 11) is 0. The van der Waals surface area contributed by atoms with E-state index in [-0.39, 0.29) is 18.0 Å². The molecular formula is C19H17N5O2S. The van der Waals surface area contributed by atoms with E-state index in [0.29, 0.717) is 11.2 Å². The Morgan fingerprint density at radius 1 is 1.22 bits per heavy atom. The third kappa shape index (κ3) is 3.39. The minimum Gasteiger partial charge on any atom is -0.324 e. The zero-order valence-corrected chi connectivity index (χ0v) is 15.7. The van der Waals surface area contributed by atoms with Crippen LogP contribution >= 0.6 is 11.3 Å². The van der Waals surface area contributed by atoms with Crippen molar-refractivity contribution in [2.75, 3.05) is 5.32 Å². The van der Waals surface area contributed by atoms with Gasteiger partial charge in [-0.25, -0.2) is 9.20 Å². The molecular weight excluding hydrogens is 362 g/mol. The summed E-state index contributed by atoms with van der Waals surface area (Å²) in [6.45, 7) is 3.76. The average Bonchev–Trinajstić information content (AvgIpc) is 3.29. The Labute approximate surface area is 158 Å². The van der Waals surface area contributed by atoms with Crippen molar-refractivity contribution in [3.05, 3.63) is 69.6 Å². The highest BCUT2D eigenvalue weighted by Gasteiger charge is 2.13. The maximum atomic E-state index is 12.7. The lowest BCUT2D eigenvalue weighted by Crippen LogP contribution is -2.30. The van der Waals surface area contributed by atoms with Crippen LogP contribution in [0.25, 0.3) is 16.1 Å². The second kappa shape index (κ2) is 6.81. The molecule has 0 saturated heterocycles. The molecule has 0 fully saturated rings. The molecule has 4 rings (SSSR count). The molecule has 0 aliphatic carbocycles. The lowest BCUT2D eigenvalue weighted by molar-refractivity contribution is -0.117. The highest BCUT2D eigenvalue weighted by Crippen LogP contribution is 2.23. The average molecular weight is 379 g/mol. The number of carbonyl (C=O) groups excluding carboxylic acids is 1. The van der Waals surface area contributed by atoms with Crippen molar-refractivity contribution in [3.63, 3.8) is 0 Å². The molecule has 1 amide bonds. The number of nitrogens with one attached hydrogen (secondary N) is 1. The topological polar surface area (TPSA) is 81.3 Å². The lowest BCUT2D eigenvalue weighted by Gasteiger charge is -2.09. The van der Waals surface area contributed by atoms with Crippen molar-refractivity contribution >= 4 is 28.4 Å². The smallest absolute Gasteiger partial charge is 0.293 e. The van der Waals surface area contributed by atoms with Gasteiger partial charge in [0.2, 0.25) is 5.91 Å². The zero-order chi connectivity index (χ0) is 19.0. The molecule has 1 aromatic carbocycles. The van der Waals surface area contributed by atoms with Gasteiger partial charge in [0.25, 0.3) is 5.56 Å². The number of aryl methyl sites for hydroxylation is 2. The predicted octanol–water partition coefficient (Wildman–Crippen LogP) is 2.88. The van der Waals surface area contributed by atoms with Gasteiger partial charge < -0.3 is 5.32 Å². The third-order valence-electron chi connectivity index (χ3n) is 4.21. The summed E-state index contributed by atoms with van der Waals surface area (Å²) in [5, 5.41) is 13.2. The van der Waals surface area contributed by atoms with Gasteiger partial charge in [-0.15, -0.1) is 11.3 Å². The van der Waals surface area contributed by atoms with Gasteiger partial charge in [-0.3, -0.25) is 9.59 Å². The number of hydrogen-bond donors (Lipinski definition) is 1. The van der Waals surface area contributed by atoms with Crippen molar-refractivity contribution in [1.29, 1.82) is 0 Å². The fourth-order valence-electron chi connectivity index (χ4n) is 2.88. The molecule has 0 spiro atoms. The highest BCUT2D eigenvalue weighted by atomic mass is 32.1. The van der Waals surface area contributed by atoms with Crippen molar-refractivity contribution in [2.45, 2.75) is 20.4 Å². The fourth-order valence-corrected chi connectivity index (χ4v) is 3.56. The van der Waals surface area contributed by atoms with Gasteiger partial charge >= 0.3 is 0 Å². The standard InChI is InChI=1S/C19H17N5O2S/c1-12-5-6-14(13(2)8-12)21-18(25)10-23-19(26)16-9-15(17-4-3-7-27-17)22-24(16)11-20-23/h3-9,11H,10H2,1-2H3,(H,21,25). The minimum absolute atomic E-state index is 0.165. The van der Waals surface area contributed by atoms with Crippen LogP contribution in [0.2, 0.25) is 0 Å².